The molecule has 0 spiro atoms. The lowest BCUT2D eigenvalue weighted by atomic mass is 10.2. The summed E-state index contributed by atoms with van der Waals surface area (Å²) in [6.07, 6.45) is 5.69. The predicted octanol–water partition coefficient (Wildman–Crippen LogP) is 3.00. The zero-order chi connectivity index (χ0) is 11.0. The van der Waals surface area contributed by atoms with Crippen molar-refractivity contribution in [3.8, 4) is 11.3 Å². The number of halogens is 1. The van der Waals surface area contributed by atoms with Crippen LogP contribution in [0, 0.1) is 3.57 Å². The van der Waals surface area contributed by atoms with E-state index in [-0.39, 0.29) is 0 Å². The first kappa shape index (κ1) is 9.77. The standard InChI is InChI=1S/C12H8IN3/c13-10-4-2-9(3-5-10)11-8-16-7-1-6-14-12(16)15-11/h1-8H. The molecule has 0 saturated heterocycles. The van der Waals surface area contributed by atoms with Crippen LogP contribution in [0.5, 0.6) is 0 Å². The molecule has 0 radical (unpaired) electrons. The number of hydrogen-bond donors (Lipinski definition) is 0. The molecule has 0 N–H and O–H groups in total. The Balaban J connectivity index is 2.15. The van der Waals surface area contributed by atoms with Gasteiger partial charge in [-0.15, -0.1) is 0 Å². The summed E-state index contributed by atoms with van der Waals surface area (Å²) >= 11 is 2.29. The molecule has 2 heterocycles. The number of fused-ring (bicyclic) bond motifs is 1. The lowest BCUT2D eigenvalue weighted by molar-refractivity contribution is 1.11. The summed E-state index contributed by atoms with van der Waals surface area (Å²) in [6.45, 7) is 0. The van der Waals surface area contributed by atoms with Crippen molar-refractivity contribution in [2.45, 2.75) is 0 Å². The fourth-order valence-electron chi connectivity index (χ4n) is 1.59. The Bertz CT molecular complexity index is 595. The molecule has 0 aliphatic rings. The highest BCUT2D eigenvalue weighted by Crippen LogP contribution is 2.19. The number of hydrogen-bond acceptors (Lipinski definition) is 2. The van der Waals surface area contributed by atoms with E-state index in [0.29, 0.717) is 0 Å². The first-order valence-corrected chi connectivity index (χ1v) is 5.96. The molecule has 0 saturated carbocycles. The maximum absolute atomic E-state index is 4.46. The van der Waals surface area contributed by atoms with E-state index in [2.05, 4.69) is 56.8 Å². The summed E-state index contributed by atoms with van der Waals surface area (Å²) in [5.41, 5.74) is 2.07. The van der Waals surface area contributed by atoms with Crippen molar-refractivity contribution in [1.82, 2.24) is 14.4 Å². The Morgan fingerprint density at radius 3 is 2.69 bits per heavy atom. The van der Waals surface area contributed by atoms with Crippen LogP contribution in [0.1, 0.15) is 0 Å². The smallest absolute Gasteiger partial charge is 0.234 e. The highest BCUT2D eigenvalue weighted by atomic mass is 127. The van der Waals surface area contributed by atoms with Crippen LogP contribution < -0.4 is 0 Å². The minimum absolute atomic E-state index is 0.732. The third-order valence-corrected chi connectivity index (χ3v) is 3.09. The van der Waals surface area contributed by atoms with Crippen molar-refractivity contribution < 1.29 is 0 Å². The maximum Gasteiger partial charge on any atom is 0.234 e. The van der Waals surface area contributed by atoms with E-state index in [1.165, 1.54) is 3.57 Å². The summed E-state index contributed by atoms with van der Waals surface area (Å²) in [5.74, 6) is 0.732. The molecular weight excluding hydrogens is 313 g/mol. The molecule has 3 nitrogen and oxygen atoms in total. The fourth-order valence-corrected chi connectivity index (χ4v) is 1.95. The van der Waals surface area contributed by atoms with Gasteiger partial charge in [-0.1, -0.05) is 12.1 Å². The van der Waals surface area contributed by atoms with Crippen LogP contribution in [0.2, 0.25) is 0 Å². The Morgan fingerprint density at radius 2 is 1.94 bits per heavy atom. The van der Waals surface area contributed by atoms with Crippen molar-refractivity contribution in [3.05, 3.63) is 52.5 Å². The monoisotopic (exact) mass is 321 g/mol. The van der Waals surface area contributed by atoms with Crippen LogP contribution in [0.4, 0.5) is 0 Å². The van der Waals surface area contributed by atoms with Gasteiger partial charge in [0.25, 0.3) is 0 Å². The first-order valence-electron chi connectivity index (χ1n) is 4.88. The van der Waals surface area contributed by atoms with Gasteiger partial charge in [0.2, 0.25) is 5.78 Å². The van der Waals surface area contributed by atoms with Gasteiger partial charge in [-0.25, -0.2) is 9.97 Å². The number of nitrogens with zero attached hydrogens (tertiary/aromatic N) is 3. The highest BCUT2D eigenvalue weighted by molar-refractivity contribution is 14.1. The van der Waals surface area contributed by atoms with Crippen molar-refractivity contribution in [3.63, 3.8) is 0 Å². The van der Waals surface area contributed by atoms with Gasteiger partial charge in [0.1, 0.15) is 0 Å². The first-order chi connectivity index (χ1) is 7.83. The van der Waals surface area contributed by atoms with Gasteiger partial charge >= 0.3 is 0 Å². The molecule has 0 aliphatic heterocycles. The third kappa shape index (κ3) is 1.69. The molecule has 3 rings (SSSR count). The van der Waals surface area contributed by atoms with Crippen molar-refractivity contribution in [2.75, 3.05) is 0 Å². The largest absolute Gasteiger partial charge is 0.291 e. The summed E-state index contributed by atoms with van der Waals surface area (Å²) in [7, 11) is 0. The normalized spacial score (nSPS) is 10.8. The Labute approximate surface area is 106 Å². The van der Waals surface area contributed by atoms with Gasteiger partial charge in [-0.05, 0) is 40.8 Å². The van der Waals surface area contributed by atoms with Gasteiger partial charge < -0.3 is 0 Å². The SMILES string of the molecule is Ic1ccc(-c2cn3cccnc3n2)cc1. The molecule has 1 aromatic carbocycles. The molecule has 16 heavy (non-hydrogen) atoms. The molecule has 0 fully saturated rings. The molecule has 3 aromatic rings. The Morgan fingerprint density at radius 1 is 1.12 bits per heavy atom. The van der Waals surface area contributed by atoms with Gasteiger partial charge in [0, 0.05) is 27.7 Å². The van der Waals surface area contributed by atoms with Crippen molar-refractivity contribution in [2.24, 2.45) is 0 Å². The molecule has 4 heteroatoms. The lowest BCUT2D eigenvalue weighted by Crippen LogP contribution is -1.82. The second-order valence-corrected chi connectivity index (χ2v) is 4.71. The summed E-state index contributed by atoms with van der Waals surface area (Å²) in [4.78, 5) is 8.66. The molecule has 0 bridgehead atoms. The molecule has 78 valence electrons. The summed E-state index contributed by atoms with van der Waals surface area (Å²) < 4.78 is 3.15. The van der Waals surface area contributed by atoms with E-state index < -0.39 is 0 Å². The topological polar surface area (TPSA) is 30.2 Å². The maximum atomic E-state index is 4.46. The van der Waals surface area contributed by atoms with E-state index >= 15 is 0 Å². The van der Waals surface area contributed by atoms with E-state index in [9.17, 15) is 0 Å². The van der Waals surface area contributed by atoms with Crippen LogP contribution in [-0.4, -0.2) is 14.4 Å². The number of rotatable bonds is 1. The molecule has 0 atom stereocenters. The van der Waals surface area contributed by atoms with E-state index in [1.54, 1.807) is 6.20 Å². The lowest BCUT2D eigenvalue weighted by Gasteiger charge is -1.95. The van der Waals surface area contributed by atoms with Crippen LogP contribution in [-0.2, 0) is 0 Å². The highest BCUT2D eigenvalue weighted by Gasteiger charge is 2.03. The fraction of sp³-hybridized carbons (Fsp3) is 0. The minimum atomic E-state index is 0.732. The van der Waals surface area contributed by atoms with E-state index in [1.807, 2.05) is 22.9 Å². The summed E-state index contributed by atoms with van der Waals surface area (Å²) in [5, 5.41) is 0. The number of imidazole rings is 1. The predicted molar refractivity (Wildman–Crippen MR) is 71.1 cm³/mol. The molecule has 2 aromatic heterocycles. The van der Waals surface area contributed by atoms with Crippen molar-refractivity contribution in [1.29, 1.82) is 0 Å². The Hall–Kier alpha value is -1.43. The minimum Gasteiger partial charge on any atom is -0.291 e. The van der Waals surface area contributed by atoms with Crippen LogP contribution in [0.25, 0.3) is 17.0 Å². The van der Waals surface area contributed by atoms with Gasteiger partial charge in [-0.3, -0.25) is 4.40 Å². The second kappa shape index (κ2) is 3.86. The van der Waals surface area contributed by atoms with E-state index in [0.717, 1.165) is 17.0 Å². The average Bonchev–Trinajstić information content (AvgIpc) is 2.73. The summed E-state index contributed by atoms with van der Waals surface area (Å²) in [6, 6.07) is 10.2. The van der Waals surface area contributed by atoms with Crippen LogP contribution in [0.3, 0.4) is 0 Å². The van der Waals surface area contributed by atoms with Crippen LogP contribution >= 0.6 is 22.6 Å². The number of benzene rings is 1. The number of aromatic nitrogens is 3. The Kier molecular flexibility index (Phi) is 2.36. The van der Waals surface area contributed by atoms with Gasteiger partial charge in [0.15, 0.2) is 0 Å². The second-order valence-electron chi connectivity index (χ2n) is 3.46. The molecule has 0 aliphatic carbocycles. The zero-order valence-electron chi connectivity index (χ0n) is 8.34. The third-order valence-electron chi connectivity index (χ3n) is 2.38. The van der Waals surface area contributed by atoms with Crippen LogP contribution in [0.15, 0.2) is 48.9 Å². The van der Waals surface area contributed by atoms with Gasteiger partial charge in [-0.2, -0.15) is 0 Å². The molecule has 0 unspecified atom stereocenters. The quantitative estimate of drug-likeness (QED) is 0.645. The molecular formula is C12H8IN3. The molecule has 0 amide bonds. The van der Waals surface area contributed by atoms with Crippen molar-refractivity contribution >= 4 is 28.4 Å². The van der Waals surface area contributed by atoms with E-state index in [4.69, 9.17) is 0 Å². The zero-order valence-corrected chi connectivity index (χ0v) is 10.5. The van der Waals surface area contributed by atoms with Gasteiger partial charge in [0.05, 0.1) is 5.69 Å². The average molecular weight is 321 g/mol.